The molecule has 23 heavy (non-hydrogen) atoms. The van der Waals surface area contributed by atoms with Gasteiger partial charge in [0.25, 0.3) is 11.6 Å². The molecule has 0 saturated heterocycles. The quantitative estimate of drug-likeness (QED) is 0.563. The zero-order valence-electron chi connectivity index (χ0n) is 11.9. The van der Waals surface area contributed by atoms with Crippen molar-refractivity contribution < 1.29 is 14.1 Å². The molecule has 9 nitrogen and oxygen atoms in total. The first-order valence-corrected chi connectivity index (χ1v) is 6.58. The summed E-state index contributed by atoms with van der Waals surface area (Å²) in [6, 6.07) is 7.88. The average Bonchev–Trinajstić information content (AvgIpc) is 3.17. The number of para-hydroxylation sites is 1. The molecule has 0 radical (unpaired) electrons. The molecule has 0 atom stereocenters. The van der Waals surface area contributed by atoms with E-state index in [0.29, 0.717) is 17.1 Å². The summed E-state index contributed by atoms with van der Waals surface area (Å²) in [5.41, 5.74) is 0.0973. The lowest BCUT2D eigenvalue weighted by molar-refractivity contribution is -0.385. The number of furan rings is 1. The van der Waals surface area contributed by atoms with Crippen molar-refractivity contribution in [1.82, 2.24) is 15.2 Å². The first-order chi connectivity index (χ1) is 11.1. The van der Waals surface area contributed by atoms with Gasteiger partial charge >= 0.3 is 0 Å². The van der Waals surface area contributed by atoms with Crippen LogP contribution in [0.2, 0.25) is 0 Å². The summed E-state index contributed by atoms with van der Waals surface area (Å²) in [5, 5.41) is 20.0. The summed E-state index contributed by atoms with van der Waals surface area (Å²) < 4.78 is 5.15. The van der Waals surface area contributed by atoms with E-state index >= 15 is 0 Å². The number of hydrogen-bond acceptors (Lipinski definition) is 6. The Morgan fingerprint density at radius 2 is 2.17 bits per heavy atom. The standard InChI is InChI=1S/C14H11N5O4/c1-8-4-2-5-9(11(8)19(21)22)13(20)16-14-15-12(17-18-14)10-6-3-7-23-10/h2-7H,1H3,(H2,15,16,17,18,20). The van der Waals surface area contributed by atoms with E-state index in [4.69, 9.17) is 4.42 Å². The van der Waals surface area contributed by atoms with Gasteiger partial charge in [0.15, 0.2) is 11.6 Å². The fourth-order valence-electron chi connectivity index (χ4n) is 2.09. The molecule has 2 heterocycles. The molecule has 3 aromatic rings. The summed E-state index contributed by atoms with van der Waals surface area (Å²) >= 11 is 0. The molecule has 0 unspecified atom stereocenters. The topological polar surface area (TPSA) is 127 Å². The molecule has 1 aromatic carbocycles. The molecule has 3 rings (SSSR count). The number of aryl methyl sites for hydroxylation is 1. The highest BCUT2D eigenvalue weighted by atomic mass is 16.6. The van der Waals surface area contributed by atoms with E-state index in [9.17, 15) is 14.9 Å². The van der Waals surface area contributed by atoms with Crippen LogP contribution in [0.25, 0.3) is 11.6 Å². The van der Waals surface area contributed by atoms with Gasteiger partial charge in [-0.1, -0.05) is 12.1 Å². The van der Waals surface area contributed by atoms with E-state index < -0.39 is 10.8 Å². The van der Waals surface area contributed by atoms with Gasteiger partial charge in [0, 0.05) is 5.56 Å². The van der Waals surface area contributed by atoms with Crippen LogP contribution in [0, 0.1) is 17.0 Å². The Balaban J connectivity index is 1.86. The van der Waals surface area contributed by atoms with Crippen molar-refractivity contribution in [2.24, 2.45) is 0 Å². The fraction of sp³-hybridized carbons (Fsp3) is 0.0714. The summed E-state index contributed by atoms with van der Waals surface area (Å²) in [4.78, 5) is 26.9. The van der Waals surface area contributed by atoms with Crippen LogP contribution >= 0.6 is 0 Å². The number of aromatic nitrogens is 3. The van der Waals surface area contributed by atoms with Crippen molar-refractivity contribution in [1.29, 1.82) is 0 Å². The van der Waals surface area contributed by atoms with Gasteiger partial charge in [-0.15, -0.1) is 5.10 Å². The molecule has 0 fully saturated rings. The lowest BCUT2D eigenvalue weighted by atomic mass is 10.1. The van der Waals surface area contributed by atoms with E-state index in [1.165, 1.54) is 12.3 Å². The largest absolute Gasteiger partial charge is 0.461 e. The van der Waals surface area contributed by atoms with Crippen molar-refractivity contribution in [2.75, 3.05) is 5.32 Å². The second-order valence-electron chi connectivity index (χ2n) is 4.67. The highest BCUT2D eigenvalue weighted by molar-refractivity contribution is 6.06. The number of amides is 1. The highest BCUT2D eigenvalue weighted by Crippen LogP contribution is 2.24. The molecule has 2 N–H and O–H groups in total. The maximum Gasteiger partial charge on any atom is 0.285 e. The van der Waals surface area contributed by atoms with E-state index in [0.717, 1.165) is 0 Å². The van der Waals surface area contributed by atoms with Gasteiger partial charge in [0.05, 0.1) is 11.2 Å². The van der Waals surface area contributed by atoms with E-state index in [2.05, 4.69) is 20.5 Å². The Kier molecular flexibility index (Phi) is 3.59. The number of nitrogens with one attached hydrogen (secondary N) is 2. The van der Waals surface area contributed by atoms with Crippen molar-refractivity contribution in [3.8, 4) is 11.6 Å². The second kappa shape index (κ2) is 5.72. The summed E-state index contributed by atoms with van der Waals surface area (Å²) in [5.74, 6) is 0.131. The van der Waals surface area contributed by atoms with Gasteiger partial charge in [0.2, 0.25) is 5.95 Å². The molecule has 0 aliphatic carbocycles. The van der Waals surface area contributed by atoms with Crippen molar-refractivity contribution >= 4 is 17.5 Å². The molecule has 0 saturated carbocycles. The fourth-order valence-corrected chi connectivity index (χ4v) is 2.09. The number of nitrogens with zero attached hydrogens (tertiary/aromatic N) is 3. The van der Waals surface area contributed by atoms with E-state index in [-0.39, 0.29) is 17.2 Å². The molecule has 0 aliphatic heterocycles. The molecule has 2 aromatic heterocycles. The van der Waals surface area contributed by atoms with Crippen LogP contribution in [0.4, 0.5) is 11.6 Å². The average molecular weight is 313 g/mol. The Morgan fingerprint density at radius 1 is 1.35 bits per heavy atom. The predicted octanol–water partition coefficient (Wildman–Crippen LogP) is 2.53. The number of carbonyl (C=O) groups is 1. The molecule has 9 heteroatoms. The van der Waals surface area contributed by atoms with E-state index in [1.54, 1.807) is 31.2 Å². The Morgan fingerprint density at radius 3 is 2.87 bits per heavy atom. The van der Waals surface area contributed by atoms with Crippen LogP contribution in [-0.4, -0.2) is 26.0 Å². The van der Waals surface area contributed by atoms with Gasteiger partial charge in [-0.25, -0.2) is 0 Å². The Hall–Kier alpha value is -3.49. The van der Waals surface area contributed by atoms with E-state index in [1.807, 2.05) is 0 Å². The van der Waals surface area contributed by atoms with Crippen molar-refractivity contribution in [3.63, 3.8) is 0 Å². The minimum absolute atomic E-state index is 0.00259. The number of benzene rings is 1. The second-order valence-corrected chi connectivity index (χ2v) is 4.67. The first kappa shape index (κ1) is 14.4. The molecular weight excluding hydrogens is 302 g/mol. The van der Waals surface area contributed by atoms with Gasteiger partial charge in [-0.3, -0.25) is 25.3 Å². The van der Waals surface area contributed by atoms with Crippen LogP contribution in [-0.2, 0) is 0 Å². The normalized spacial score (nSPS) is 10.5. The lowest BCUT2D eigenvalue weighted by Crippen LogP contribution is -2.15. The third kappa shape index (κ3) is 2.79. The van der Waals surface area contributed by atoms with Crippen LogP contribution in [0.15, 0.2) is 41.0 Å². The number of nitro benzene ring substituents is 1. The summed E-state index contributed by atoms with van der Waals surface area (Å²) in [6.45, 7) is 1.57. The molecule has 0 bridgehead atoms. The number of nitro groups is 1. The summed E-state index contributed by atoms with van der Waals surface area (Å²) in [6.07, 6.45) is 1.48. The SMILES string of the molecule is Cc1cccc(C(=O)Nc2n[nH]c(-c3ccco3)n2)c1[N+](=O)[O-]. The molecule has 0 spiro atoms. The minimum atomic E-state index is -0.662. The maximum atomic E-state index is 12.3. The Labute approximate surface area is 129 Å². The molecular formula is C14H11N5O4. The van der Waals surface area contributed by atoms with Gasteiger partial charge < -0.3 is 4.42 Å². The van der Waals surface area contributed by atoms with Crippen molar-refractivity contribution in [3.05, 3.63) is 57.8 Å². The third-order valence-electron chi connectivity index (χ3n) is 3.13. The lowest BCUT2D eigenvalue weighted by Gasteiger charge is -2.04. The summed E-state index contributed by atoms with van der Waals surface area (Å²) in [7, 11) is 0. The van der Waals surface area contributed by atoms with Gasteiger partial charge in [-0.05, 0) is 25.1 Å². The number of rotatable bonds is 4. The number of H-pyrrole nitrogens is 1. The van der Waals surface area contributed by atoms with Crippen molar-refractivity contribution in [2.45, 2.75) is 6.92 Å². The number of aromatic amines is 1. The monoisotopic (exact) mass is 313 g/mol. The highest BCUT2D eigenvalue weighted by Gasteiger charge is 2.23. The van der Waals surface area contributed by atoms with Crippen LogP contribution in [0.1, 0.15) is 15.9 Å². The number of carbonyl (C=O) groups excluding carboxylic acids is 1. The molecule has 116 valence electrons. The van der Waals surface area contributed by atoms with Gasteiger partial charge in [0.1, 0.15) is 5.56 Å². The molecule has 0 aliphatic rings. The zero-order valence-corrected chi connectivity index (χ0v) is 11.9. The predicted molar refractivity (Wildman–Crippen MR) is 79.9 cm³/mol. The smallest absolute Gasteiger partial charge is 0.285 e. The molecule has 1 amide bonds. The Bertz CT molecular complexity index is 869. The number of anilines is 1. The van der Waals surface area contributed by atoms with Crippen LogP contribution in [0.5, 0.6) is 0 Å². The maximum absolute atomic E-state index is 12.3. The van der Waals surface area contributed by atoms with Crippen LogP contribution in [0.3, 0.4) is 0 Å². The van der Waals surface area contributed by atoms with Gasteiger partial charge in [-0.2, -0.15) is 4.98 Å². The van der Waals surface area contributed by atoms with Crippen LogP contribution < -0.4 is 5.32 Å². The minimum Gasteiger partial charge on any atom is -0.461 e. The third-order valence-corrected chi connectivity index (χ3v) is 3.13. The first-order valence-electron chi connectivity index (χ1n) is 6.58. The number of hydrogen-bond donors (Lipinski definition) is 2. The zero-order chi connectivity index (χ0) is 16.4.